The van der Waals surface area contributed by atoms with Gasteiger partial charge in [0.1, 0.15) is 0 Å². The fourth-order valence-electron chi connectivity index (χ4n) is 1.23. The zero-order valence-electron chi connectivity index (χ0n) is 8.30. The molecule has 4 nitrogen and oxygen atoms in total. The van der Waals surface area contributed by atoms with Crippen molar-refractivity contribution in [2.75, 3.05) is 19.8 Å². The number of amides is 1. The molecule has 13 heavy (non-hydrogen) atoms. The van der Waals surface area contributed by atoms with Crippen molar-refractivity contribution < 1.29 is 9.53 Å². The molecule has 0 aromatic rings. The minimum Gasteiger partial charge on any atom is -0.381 e. The van der Waals surface area contributed by atoms with E-state index in [1.165, 1.54) is 0 Å². The number of carbonyl (C=O) groups is 1. The van der Waals surface area contributed by atoms with Crippen LogP contribution in [0.2, 0.25) is 0 Å². The molecule has 1 heterocycles. The number of hydrogen-bond acceptors (Lipinski definition) is 3. The van der Waals surface area contributed by atoms with E-state index in [2.05, 4.69) is 5.32 Å². The highest BCUT2D eigenvalue weighted by Crippen LogP contribution is 2.12. The summed E-state index contributed by atoms with van der Waals surface area (Å²) >= 11 is 0. The van der Waals surface area contributed by atoms with E-state index in [-0.39, 0.29) is 5.91 Å². The number of primary amides is 1. The Kier molecular flexibility index (Phi) is 3.27. The maximum absolute atomic E-state index is 11.0. The summed E-state index contributed by atoms with van der Waals surface area (Å²) in [4.78, 5) is 11.0. The average Bonchev–Trinajstić information content (AvgIpc) is 2.52. The lowest BCUT2D eigenvalue weighted by Gasteiger charge is -2.23. The minimum atomic E-state index is -0.609. The minimum absolute atomic E-state index is 0.314. The lowest BCUT2D eigenvalue weighted by atomic mass is 10.0. The third-order valence-electron chi connectivity index (χ3n) is 2.47. The van der Waals surface area contributed by atoms with Crippen LogP contribution in [0.5, 0.6) is 0 Å². The Morgan fingerprint density at radius 2 is 2.38 bits per heavy atom. The van der Waals surface area contributed by atoms with Gasteiger partial charge in [0, 0.05) is 13.2 Å². The predicted octanol–water partition coefficient (Wildman–Crippen LogP) is -0.124. The molecule has 0 aromatic heterocycles. The molecule has 76 valence electrons. The molecule has 1 aliphatic rings. The van der Waals surface area contributed by atoms with Gasteiger partial charge in [-0.1, -0.05) is 0 Å². The molecule has 1 atom stereocenters. The molecule has 1 rings (SSSR count). The van der Waals surface area contributed by atoms with Crippen LogP contribution >= 0.6 is 0 Å². The highest BCUT2D eigenvalue weighted by molar-refractivity contribution is 5.83. The van der Waals surface area contributed by atoms with E-state index < -0.39 is 5.54 Å². The summed E-state index contributed by atoms with van der Waals surface area (Å²) < 4.78 is 5.23. The molecule has 1 fully saturated rings. The van der Waals surface area contributed by atoms with Crippen molar-refractivity contribution in [2.45, 2.75) is 25.8 Å². The zero-order valence-corrected chi connectivity index (χ0v) is 8.30. The highest BCUT2D eigenvalue weighted by atomic mass is 16.5. The molecule has 0 aromatic carbocycles. The standard InChI is InChI=1S/C9H18N2O2/c1-9(2,8(10)12)11-5-7-3-4-13-6-7/h7,11H,3-6H2,1-2H3,(H2,10,12). The number of nitrogens with one attached hydrogen (secondary N) is 1. The Balaban J connectivity index is 2.28. The van der Waals surface area contributed by atoms with E-state index in [0.717, 1.165) is 26.2 Å². The normalized spacial score (nSPS) is 23.4. The van der Waals surface area contributed by atoms with Gasteiger partial charge in [0.25, 0.3) is 0 Å². The number of rotatable bonds is 4. The molecule has 1 saturated heterocycles. The third kappa shape index (κ3) is 2.97. The van der Waals surface area contributed by atoms with Gasteiger partial charge < -0.3 is 15.8 Å². The first-order valence-electron chi connectivity index (χ1n) is 4.65. The van der Waals surface area contributed by atoms with Crippen LogP contribution in [-0.2, 0) is 9.53 Å². The number of carbonyl (C=O) groups excluding carboxylic acids is 1. The van der Waals surface area contributed by atoms with Crippen LogP contribution < -0.4 is 11.1 Å². The van der Waals surface area contributed by atoms with Gasteiger partial charge in [-0.15, -0.1) is 0 Å². The van der Waals surface area contributed by atoms with Crippen molar-refractivity contribution in [3.05, 3.63) is 0 Å². The summed E-state index contributed by atoms with van der Waals surface area (Å²) in [6, 6.07) is 0. The van der Waals surface area contributed by atoms with Crippen molar-refractivity contribution in [3.8, 4) is 0 Å². The molecule has 0 radical (unpaired) electrons. The highest BCUT2D eigenvalue weighted by Gasteiger charge is 2.26. The van der Waals surface area contributed by atoms with E-state index in [1.54, 1.807) is 13.8 Å². The van der Waals surface area contributed by atoms with Crippen LogP contribution in [0.1, 0.15) is 20.3 Å². The van der Waals surface area contributed by atoms with E-state index in [0.29, 0.717) is 5.92 Å². The van der Waals surface area contributed by atoms with Gasteiger partial charge in [-0.25, -0.2) is 0 Å². The van der Waals surface area contributed by atoms with Gasteiger partial charge >= 0.3 is 0 Å². The second-order valence-corrected chi connectivity index (χ2v) is 4.10. The molecule has 3 N–H and O–H groups in total. The molecule has 0 spiro atoms. The van der Waals surface area contributed by atoms with E-state index in [1.807, 2.05) is 0 Å². The molecule has 0 saturated carbocycles. The summed E-state index contributed by atoms with van der Waals surface area (Å²) in [5.74, 6) is 0.213. The smallest absolute Gasteiger partial charge is 0.237 e. The SMILES string of the molecule is CC(C)(NCC1CCOC1)C(N)=O. The van der Waals surface area contributed by atoms with Crippen molar-refractivity contribution in [1.29, 1.82) is 0 Å². The Labute approximate surface area is 78.8 Å². The predicted molar refractivity (Wildman–Crippen MR) is 50.2 cm³/mol. The van der Waals surface area contributed by atoms with Gasteiger partial charge in [-0.2, -0.15) is 0 Å². The largest absolute Gasteiger partial charge is 0.381 e. The first-order chi connectivity index (χ1) is 6.02. The van der Waals surface area contributed by atoms with Gasteiger partial charge in [0.2, 0.25) is 5.91 Å². The topological polar surface area (TPSA) is 64.3 Å². The molecule has 4 heteroatoms. The first-order valence-corrected chi connectivity index (χ1v) is 4.65. The van der Waals surface area contributed by atoms with Crippen LogP contribution in [0.15, 0.2) is 0 Å². The fourth-order valence-corrected chi connectivity index (χ4v) is 1.23. The first kappa shape index (κ1) is 10.5. The molecule has 0 bridgehead atoms. The van der Waals surface area contributed by atoms with Crippen molar-refractivity contribution >= 4 is 5.91 Å². The van der Waals surface area contributed by atoms with Gasteiger partial charge in [-0.3, -0.25) is 4.79 Å². The zero-order chi connectivity index (χ0) is 9.90. The molecule has 1 unspecified atom stereocenters. The fraction of sp³-hybridized carbons (Fsp3) is 0.889. The second kappa shape index (κ2) is 4.07. The molecule has 0 aliphatic carbocycles. The summed E-state index contributed by atoms with van der Waals surface area (Å²) in [6.07, 6.45) is 1.07. The molecule has 1 amide bonds. The van der Waals surface area contributed by atoms with Crippen LogP contribution in [0.25, 0.3) is 0 Å². The quantitative estimate of drug-likeness (QED) is 0.643. The van der Waals surface area contributed by atoms with Crippen LogP contribution in [0.3, 0.4) is 0 Å². The van der Waals surface area contributed by atoms with E-state index >= 15 is 0 Å². The van der Waals surface area contributed by atoms with Crippen LogP contribution in [-0.4, -0.2) is 31.2 Å². The Hall–Kier alpha value is -0.610. The van der Waals surface area contributed by atoms with Gasteiger partial charge in [0.05, 0.1) is 12.1 Å². The van der Waals surface area contributed by atoms with Gasteiger partial charge in [-0.05, 0) is 26.2 Å². The van der Waals surface area contributed by atoms with Crippen LogP contribution in [0.4, 0.5) is 0 Å². The maximum atomic E-state index is 11.0. The summed E-state index contributed by atoms with van der Waals surface area (Å²) in [5.41, 5.74) is 4.61. The van der Waals surface area contributed by atoms with Gasteiger partial charge in [0.15, 0.2) is 0 Å². The van der Waals surface area contributed by atoms with Crippen molar-refractivity contribution in [3.63, 3.8) is 0 Å². The Morgan fingerprint density at radius 1 is 1.69 bits per heavy atom. The Morgan fingerprint density at radius 3 is 2.85 bits per heavy atom. The molecule has 1 aliphatic heterocycles. The molecular weight excluding hydrogens is 168 g/mol. The van der Waals surface area contributed by atoms with Crippen LogP contribution in [0, 0.1) is 5.92 Å². The third-order valence-corrected chi connectivity index (χ3v) is 2.47. The van der Waals surface area contributed by atoms with Crippen molar-refractivity contribution in [1.82, 2.24) is 5.32 Å². The summed E-state index contributed by atoms with van der Waals surface area (Å²) in [5, 5.41) is 3.15. The summed E-state index contributed by atoms with van der Waals surface area (Å²) in [6.45, 7) is 6.03. The number of nitrogens with two attached hydrogens (primary N) is 1. The average molecular weight is 186 g/mol. The second-order valence-electron chi connectivity index (χ2n) is 4.10. The number of ether oxygens (including phenoxy) is 1. The number of hydrogen-bond donors (Lipinski definition) is 2. The molecular formula is C9H18N2O2. The van der Waals surface area contributed by atoms with E-state index in [9.17, 15) is 4.79 Å². The summed E-state index contributed by atoms with van der Waals surface area (Å²) in [7, 11) is 0. The Bertz CT molecular complexity index is 186. The maximum Gasteiger partial charge on any atom is 0.237 e. The lowest BCUT2D eigenvalue weighted by Crippen LogP contribution is -2.52. The van der Waals surface area contributed by atoms with Crippen molar-refractivity contribution in [2.24, 2.45) is 11.7 Å². The van der Waals surface area contributed by atoms with E-state index in [4.69, 9.17) is 10.5 Å². The lowest BCUT2D eigenvalue weighted by molar-refractivity contribution is -0.123. The monoisotopic (exact) mass is 186 g/mol.